The number of carbonyl (C=O) groups excluding carboxylic acids is 1. The van der Waals surface area contributed by atoms with E-state index in [0.717, 1.165) is 15.5 Å². The van der Waals surface area contributed by atoms with Crippen LogP contribution in [-0.2, 0) is 6.54 Å². The normalized spacial score (nSPS) is 10.8. The quantitative estimate of drug-likeness (QED) is 0.707. The molecule has 9 heteroatoms. The van der Waals surface area contributed by atoms with Gasteiger partial charge in [-0.2, -0.15) is 0 Å². The lowest BCUT2D eigenvalue weighted by Gasteiger charge is -2.20. The van der Waals surface area contributed by atoms with Crippen LogP contribution in [0.4, 0.5) is 11.5 Å². The number of aromatic nitrogens is 3. The van der Waals surface area contributed by atoms with Gasteiger partial charge < -0.3 is 10.6 Å². The highest BCUT2D eigenvalue weighted by atomic mass is 32.1. The summed E-state index contributed by atoms with van der Waals surface area (Å²) in [4.78, 5) is 45.5. The van der Waals surface area contributed by atoms with Crippen LogP contribution >= 0.6 is 11.3 Å². The summed E-state index contributed by atoms with van der Waals surface area (Å²) in [6, 6.07) is 9.23. The van der Waals surface area contributed by atoms with Gasteiger partial charge in [-0.05, 0) is 19.4 Å². The molecule has 3 rings (SSSR count). The van der Waals surface area contributed by atoms with Crippen LogP contribution in [-0.4, -0.2) is 27.5 Å². The molecule has 0 aliphatic carbocycles. The van der Waals surface area contributed by atoms with Gasteiger partial charge in [-0.15, -0.1) is 11.3 Å². The zero-order chi connectivity index (χ0) is 19.7. The van der Waals surface area contributed by atoms with Crippen LogP contribution in [0.5, 0.6) is 0 Å². The second kappa shape index (κ2) is 7.20. The topological polar surface area (TPSA) is 114 Å². The zero-order valence-corrected chi connectivity index (χ0v) is 16.0. The molecule has 0 unspecified atom stereocenters. The van der Waals surface area contributed by atoms with Gasteiger partial charge >= 0.3 is 5.69 Å². The molecule has 27 heavy (non-hydrogen) atoms. The summed E-state index contributed by atoms with van der Waals surface area (Å²) in [5.74, 6) is -0.470. The number of nitrogen functional groups attached to an aromatic ring is 1. The minimum absolute atomic E-state index is 0.0673. The molecule has 3 N–H and O–H groups in total. The standard InChI is InChI=1S/C18H19N5O3S/c1-10-14(27-11(2)20-10)17(25)22(3)13-15(19)23(18(26)21-16(13)24)9-12-7-5-4-6-8-12/h4-8H,9,19H2,1-3H3,(H,21,24,26). The number of nitrogens with one attached hydrogen (secondary N) is 1. The Morgan fingerprint density at radius 2 is 1.93 bits per heavy atom. The first-order chi connectivity index (χ1) is 12.8. The monoisotopic (exact) mass is 385 g/mol. The Kier molecular flexibility index (Phi) is 4.95. The van der Waals surface area contributed by atoms with Gasteiger partial charge in [0.1, 0.15) is 10.7 Å². The van der Waals surface area contributed by atoms with Crippen LogP contribution in [0.25, 0.3) is 0 Å². The number of hydrogen-bond donors (Lipinski definition) is 2. The van der Waals surface area contributed by atoms with Crippen LogP contribution in [0.3, 0.4) is 0 Å². The Labute approximate surface area is 158 Å². The molecule has 0 spiro atoms. The lowest BCUT2D eigenvalue weighted by Crippen LogP contribution is -2.39. The zero-order valence-electron chi connectivity index (χ0n) is 15.1. The molecule has 0 atom stereocenters. The van der Waals surface area contributed by atoms with Gasteiger partial charge in [-0.1, -0.05) is 30.3 Å². The molecule has 0 fully saturated rings. The third kappa shape index (κ3) is 3.54. The average molecular weight is 385 g/mol. The molecule has 2 heterocycles. The fraction of sp³-hybridized carbons (Fsp3) is 0.222. The Bertz CT molecular complexity index is 1110. The smallest absolute Gasteiger partial charge is 0.330 e. The van der Waals surface area contributed by atoms with Gasteiger partial charge in [0.05, 0.1) is 17.2 Å². The van der Waals surface area contributed by atoms with Crippen molar-refractivity contribution in [2.75, 3.05) is 17.7 Å². The molecule has 2 aromatic heterocycles. The van der Waals surface area contributed by atoms with Crippen LogP contribution in [0.15, 0.2) is 39.9 Å². The van der Waals surface area contributed by atoms with Crippen LogP contribution < -0.4 is 21.9 Å². The molecule has 1 aromatic carbocycles. The molecule has 0 saturated heterocycles. The largest absolute Gasteiger partial charge is 0.383 e. The molecule has 1 amide bonds. The first-order valence-electron chi connectivity index (χ1n) is 8.18. The summed E-state index contributed by atoms with van der Waals surface area (Å²) >= 11 is 1.24. The maximum Gasteiger partial charge on any atom is 0.330 e. The molecule has 0 aliphatic rings. The first-order valence-corrected chi connectivity index (χ1v) is 9.00. The van der Waals surface area contributed by atoms with Gasteiger partial charge in [0.2, 0.25) is 0 Å². The van der Waals surface area contributed by atoms with E-state index >= 15 is 0 Å². The Morgan fingerprint density at radius 3 is 2.52 bits per heavy atom. The van der Waals surface area contributed by atoms with E-state index in [4.69, 9.17) is 5.73 Å². The lowest BCUT2D eigenvalue weighted by molar-refractivity contribution is 0.0995. The van der Waals surface area contributed by atoms with Crippen molar-refractivity contribution in [2.24, 2.45) is 0 Å². The fourth-order valence-corrected chi connectivity index (χ4v) is 3.70. The van der Waals surface area contributed by atoms with Crippen molar-refractivity contribution in [3.05, 3.63) is 72.3 Å². The molecule has 0 saturated carbocycles. The van der Waals surface area contributed by atoms with Crippen molar-refractivity contribution in [1.82, 2.24) is 14.5 Å². The van der Waals surface area contributed by atoms with Gasteiger partial charge in [0.15, 0.2) is 5.69 Å². The number of carbonyl (C=O) groups is 1. The Hall–Kier alpha value is -3.20. The molecule has 0 aliphatic heterocycles. The highest BCUT2D eigenvalue weighted by Crippen LogP contribution is 2.23. The number of aromatic amines is 1. The van der Waals surface area contributed by atoms with Crippen molar-refractivity contribution >= 4 is 28.7 Å². The van der Waals surface area contributed by atoms with Crippen LogP contribution in [0.1, 0.15) is 25.9 Å². The van der Waals surface area contributed by atoms with Crippen LogP contribution in [0, 0.1) is 13.8 Å². The number of hydrogen-bond acceptors (Lipinski definition) is 6. The second-order valence-corrected chi connectivity index (χ2v) is 7.28. The summed E-state index contributed by atoms with van der Waals surface area (Å²) < 4.78 is 1.24. The Balaban J connectivity index is 2.06. The van der Waals surface area contributed by atoms with Crippen molar-refractivity contribution < 1.29 is 4.79 Å². The number of anilines is 2. The van der Waals surface area contributed by atoms with Gasteiger partial charge in [-0.25, -0.2) is 9.78 Å². The summed E-state index contributed by atoms with van der Waals surface area (Å²) in [6.45, 7) is 3.71. The summed E-state index contributed by atoms with van der Waals surface area (Å²) in [5.41, 5.74) is 6.15. The summed E-state index contributed by atoms with van der Waals surface area (Å²) in [6.07, 6.45) is 0. The van der Waals surface area contributed by atoms with Crippen molar-refractivity contribution in [2.45, 2.75) is 20.4 Å². The van der Waals surface area contributed by atoms with Gasteiger partial charge in [0.25, 0.3) is 11.5 Å². The highest BCUT2D eigenvalue weighted by Gasteiger charge is 2.24. The molecule has 3 aromatic rings. The van der Waals surface area contributed by atoms with Gasteiger partial charge in [-0.3, -0.25) is 19.1 Å². The molecule has 8 nitrogen and oxygen atoms in total. The van der Waals surface area contributed by atoms with Crippen molar-refractivity contribution in [1.29, 1.82) is 0 Å². The lowest BCUT2D eigenvalue weighted by atomic mass is 10.2. The SMILES string of the molecule is Cc1nc(C)c(C(=O)N(C)c2c(N)n(Cc3ccccc3)c(=O)[nH]c2=O)s1. The van der Waals surface area contributed by atoms with Gasteiger partial charge in [0, 0.05) is 7.05 Å². The third-order valence-electron chi connectivity index (χ3n) is 4.14. The summed E-state index contributed by atoms with van der Waals surface area (Å²) in [5, 5.41) is 0.750. The van der Waals surface area contributed by atoms with E-state index in [1.807, 2.05) is 30.3 Å². The third-order valence-corrected chi connectivity index (χ3v) is 5.20. The van der Waals surface area contributed by atoms with E-state index in [-0.39, 0.29) is 18.1 Å². The number of nitrogens with zero attached hydrogens (tertiary/aromatic N) is 3. The summed E-state index contributed by atoms with van der Waals surface area (Å²) in [7, 11) is 1.45. The van der Waals surface area contributed by atoms with Crippen molar-refractivity contribution in [3.63, 3.8) is 0 Å². The number of aryl methyl sites for hydroxylation is 2. The molecular weight excluding hydrogens is 366 g/mol. The Morgan fingerprint density at radius 1 is 1.26 bits per heavy atom. The minimum Gasteiger partial charge on any atom is -0.383 e. The van der Waals surface area contributed by atoms with Crippen molar-refractivity contribution in [3.8, 4) is 0 Å². The predicted octanol–water partition coefficient (Wildman–Crippen LogP) is 1.52. The maximum absolute atomic E-state index is 12.8. The van der Waals surface area contributed by atoms with E-state index < -0.39 is 17.2 Å². The second-order valence-electron chi connectivity index (χ2n) is 6.08. The first kappa shape index (κ1) is 18.6. The number of nitrogens with two attached hydrogens (primary N) is 1. The maximum atomic E-state index is 12.8. The molecular formula is C18H19N5O3S. The number of benzene rings is 1. The molecule has 140 valence electrons. The molecule has 0 bridgehead atoms. The van der Waals surface area contributed by atoms with E-state index in [1.54, 1.807) is 13.8 Å². The minimum atomic E-state index is -0.712. The number of rotatable bonds is 4. The number of amides is 1. The predicted molar refractivity (Wildman–Crippen MR) is 106 cm³/mol. The van der Waals surface area contributed by atoms with E-state index in [9.17, 15) is 14.4 Å². The van der Waals surface area contributed by atoms with E-state index in [0.29, 0.717) is 10.6 Å². The number of H-pyrrole nitrogens is 1. The highest BCUT2D eigenvalue weighted by molar-refractivity contribution is 7.13. The van der Waals surface area contributed by atoms with E-state index in [2.05, 4.69) is 9.97 Å². The number of thiazole rings is 1. The van der Waals surface area contributed by atoms with E-state index in [1.165, 1.54) is 23.0 Å². The fourth-order valence-electron chi connectivity index (χ4n) is 2.81. The average Bonchev–Trinajstić information content (AvgIpc) is 2.96. The molecule has 0 radical (unpaired) electrons. The van der Waals surface area contributed by atoms with Crippen LogP contribution in [0.2, 0.25) is 0 Å².